The Morgan fingerprint density at radius 3 is 2.37 bits per heavy atom. The molecule has 1 nitrogen and oxygen atoms in total. The quantitative estimate of drug-likeness (QED) is 0.287. The van der Waals surface area contributed by atoms with Crippen LogP contribution in [0.25, 0.3) is 17.2 Å². The van der Waals surface area contributed by atoms with E-state index < -0.39 is 0 Å². The van der Waals surface area contributed by atoms with E-state index in [2.05, 4.69) is 117 Å². The molecule has 35 heavy (non-hydrogen) atoms. The fraction of sp³-hybridized carbons (Fsp3) is 0.294. The van der Waals surface area contributed by atoms with E-state index in [4.69, 9.17) is 0 Å². The summed E-state index contributed by atoms with van der Waals surface area (Å²) >= 11 is 0. The van der Waals surface area contributed by atoms with Crippen LogP contribution in [0.3, 0.4) is 0 Å². The first-order valence-electron chi connectivity index (χ1n) is 13.1. The van der Waals surface area contributed by atoms with Gasteiger partial charge in [0.1, 0.15) is 0 Å². The highest BCUT2D eigenvalue weighted by Gasteiger charge is 2.22. The van der Waals surface area contributed by atoms with Crippen molar-refractivity contribution >= 4 is 11.8 Å². The Morgan fingerprint density at radius 2 is 1.66 bits per heavy atom. The molecule has 3 aromatic carbocycles. The zero-order chi connectivity index (χ0) is 24.6. The average Bonchev–Trinajstić information content (AvgIpc) is 2.91. The number of aryl methyl sites for hydroxylation is 1. The largest absolute Gasteiger partial charge is 0.341 e. The van der Waals surface area contributed by atoms with Crippen molar-refractivity contribution in [1.82, 2.24) is 0 Å². The molecule has 0 aliphatic heterocycles. The van der Waals surface area contributed by atoms with Gasteiger partial charge in [0, 0.05) is 17.9 Å². The van der Waals surface area contributed by atoms with Gasteiger partial charge in [0.25, 0.3) is 0 Å². The first-order chi connectivity index (χ1) is 17.0. The molecule has 1 saturated carbocycles. The summed E-state index contributed by atoms with van der Waals surface area (Å²) in [5.41, 5.74) is 10.0. The lowest BCUT2D eigenvalue weighted by Crippen LogP contribution is -2.27. The zero-order valence-corrected chi connectivity index (χ0v) is 21.5. The van der Waals surface area contributed by atoms with Gasteiger partial charge in [-0.15, -0.1) is 0 Å². The van der Waals surface area contributed by atoms with Crippen LogP contribution >= 0.6 is 0 Å². The van der Waals surface area contributed by atoms with E-state index in [0.717, 1.165) is 18.5 Å². The minimum absolute atomic E-state index is 0.564. The molecular weight excluding hydrogens is 422 g/mol. The third kappa shape index (κ3) is 6.42. The SMILES string of the molecule is C=C(/C=C/c1cccc(N(Cc2ccc(-c3ccccc3C)cc2)C(=C)C2CCCCC2)c1)CC. The molecule has 4 rings (SSSR count). The van der Waals surface area contributed by atoms with Crippen LogP contribution in [0.15, 0.2) is 103 Å². The van der Waals surface area contributed by atoms with E-state index in [9.17, 15) is 0 Å². The maximum atomic E-state index is 4.64. The molecular formula is C34H39N. The van der Waals surface area contributed by atoms with Crippen LogP contribution in [0, 0.1) is 12.8 Å². The predicted molar refractivity (Wildman–Crippen MR) is 153 cm³/mol. The molecule has 0 atom stereocenters. The van der Waals surface area contributed by atoms with E-state index >= 15 is 0 Å². The Bertz CT molecular complexity index is 1180. The number of allylic oxidation sites excluding steroid dienone is 3. The van der Waals surface area contributed by atoms with Crippen LogP contribution in [0.2, 0.25) is 0 Å². The van der Waals surface area contributed by atoms with Gasteiger partial charge in [0.05, 0.1) is 0 Å². The number of nitrogens with zero attached hydrogens (tertiary/aromatic N) is 1. The average molecular weight is 462 g/mol. The maximum Gasteiger partial charge on any atom is 0.0478 e. The van der Waals surface area contributed by atoms with Crippen molar-refractivity contribution in [3.05, 3.63) is 120 Å². The second-order valence-electron chi connectivity index (χ2n) is 9.86. The molecule has 1 aliphatic carbocycles. The summed E-state index contributed by atoms with van der Waals surface area (Å²) < 4.78 is 0. The molecule has 0 N–H and O–H groups in total. The van der Waals surface area contributed by atoms with Gasteiger partial charge in [-0.25, -0.2) is 0 Å². The van der Waals surface area contributed by atoms with Gasteiger partial charge in [0.2, 0.25) is 0 Å². The van der Waals surface area contributed by atoms with Gasteiger partial charge in [-0.1, -0.05) is 118 Å². The van der Waals surface area contributed by atoms with Crippen molar-refractivity contribution in [2.75, 3.05) is 4.90 Å². The minimum Gasteiger partial charge on any atom is -0.341 e. The Morgan fingerprint density at radius 1 is 0.914 bits per heavy atom. The lowest BCUT2D eigenvalue weighted by atomic mass is 9.86. The van der Waals surface area contributed by atoms with Crippen molar-refractivity contribution in [2.45, 2.75) is 58.9 Å². The standard InChI is InChI=1S/C34H39N/c1-5-26(2)18-19-29-13-11-16-33(24-29)35(28(4)31-14-7-6-8-15-31)25-30-20-22-32(23-21-30)34-17-10-9-12-27(34)3/h9-13,16-24,31H,2,4-8,14-15,25H2,1,3H3/b19-18+. The third-order valence-electron chi connectivity index (χ3n) is 7.32. The lowest BCUT2D eigenvalue weighted by molar-refractivity contribution is 0.396. The predicted octanol–water partition coefficient (Wildman–Crippen LogP) is 9.74. The van der Waals surface area contributed by atoms with Crippen molar-refractivity contribution < 1.29 is 0 Å². The monoisotopic (exact) mass is 461 g/mol. The van der Waals surface area contributed by atoms with Crippen LogP contribution < -0.4 is 4.90 Å². The molecule has 0 radical (unpaired) electrons. The normalized spacial score (nSPS) is 14.2. The molecule has 0 bridgehead atoms. The number of benzene rings is 3. The Balaban J connectivity index is 1.61. The van der Waals surface area contributed by atoms with Gasteiger partial charge in [-0.2, -0.15) is 0 Å². The molecule has 0 aromatic heterocycles. The van der Waals surface area contributed by atoms with E-state index in [0.29, 0.717) is 5.92 Å². The van der Waals surface area contributed by atoms with E-state index in [1.54, 1.807) is 0 Å². The number of hydrogen-bond donors (Lipinski definition) is 0. The van der Waals surface area contributed by atoms with Gasteiger partial charge < -0.3 is 4.90 Å². The second kappa shape index (κ2) is 11.9. The summed E-state index contributed by atoms with van der Waals surface area (Å²) in [5, 5.41) is 0. The number of hydrogen-bond acceptors (Lipinski definition) is 1. The summed E-state index contributed by atoms with van der Waals surface area (Å²) in [6, 6.07) is 26.5. The molecule has 180 valence electrons. The summed E-state index contributed by atoms with van der Waals surface area (Å²) in [5.74, 6) is 0.564. The third-order valence-corrected chi connectivity index (χ3v) is 7.32. The van der Waals surface area contributed by atoms with Gasteiger partial charge in [-0.3, -0.25) is 0 Å². The van der Waals surface area contributed by atoms with Gasteiger partial charge in [-0.05, 0) is 72.1 Å². The highest BCUT2D eigenvalue weighted by molar-refractivity contribution is 5.67. The van der Waals surface area contributed by atoms with Crippen LogP contribution in [-0.2, 0) is 6.54 Å². The highest BCUT2D eigenvalue weighted by Crippen LogP contribution is 2.35. The number of anilines is 1. The van der Waals surface area contributed by atoms with Crippen molar-refractivity contribution in [3.63, 3.8) is 0 Å². The van der Waals surface area contributed by atoms with Crippen LogP contribution in [0.1, 0.15) is 62.1 Å². The fourth-order valence-electron chi connectivity index (χ4n) is 5.01. The molecule has 0 heterocycles. The minimum atomic E-state index is 0.564. The maximum absolute atomic E-state index is 4.64. The summed E-state index contributed by atoms with van der Waals surface area (Å²) in [4.78, 5) is 2.45. The second-order valence-corrected chi connectivity index (χ2v) is 9.86. The van der Waals surface area contributed by atoms with Crippen molar-refractivity contribution in [3.8, 4) is 11.1 Å². The molecule has 0 spiro atoms. The summed E-state index contributed by atoms with van der Waals surface area (Å²) in [6.45, 7) is 13.9. The zero-order valence-electron chi connectivity index (χ0n) is 21.5. The molecule has 1 fully saturated rings. The first-order valence-corrected chi connectivity index (χ1v) is 13.1. The smallest absolute Gasteiger partial charge is 0.0478 e. The molecule has 1 aliphatic rings. The van der Waals surface area contributed by atoms with E-state index in [1.165, 1.54) is 71.3 Å². The molecule has 0 unspecified atom stereocenters. The van der Waals surface area contributed by atoms with E-state index in [1.807, 2.05) is 0 Å². The lowest BCUT2D eigenvalue weighted by Gasteiger charge is -2.34. The molecule has 0 amide bonds. The van der Waals surface area contributed by atoms with Gasteiger partial charge in [0.15, 0.2) is 0 Å². The highest BCUT2D eigenvalue weighted by atomic mass is 15.1. The number of rotatable bonds is 9. The van der Waals surface area contributed by atoms with Crippen molar-refractivity contribution in [1.29, 1.82) is 0 Å². The first kappa shape index (κ1) is 24.8. The fourth-order valence-corrected chi connectivity index (χ4v) is 5.01. The van der Waals surface area contributed by atoms with Crippen LogP contribution in [0.4, 0.5) is 5.69 Å². The molecule has 1 heteroatoms. The van der Waals surface area contributed by atoms with Crippen LogP contribution in [0.5, 0.6) is 0 Å². The van der Waals surface area contributed by atoms with Crippen molar-refractivity contribution in [2.24, 2.45) is 5.92 Å². The summed E-state index contributed by atoms with van der Waals surface area (Å²) in [6.07, 6.45) is 11.7. The molecule has 3 aromatic rings. The summed E-state index contributed by atoms with van der Waals surface area (Å²) in [7, 11) is 0. The van der Waals surface area contributed by atoms with Crippen LogP contribution in [-0.4, -0.2) is 0 Å². The Labute approximate surface area is 212 Å². The molecule has 0 saturated heterocycles. The Kier molecular flexibility index (Phi) is 8.42. The van der Waals surface area contributed by atoms with Gasteiger partial charge >= 0.3 is 0 Å². The topological polar surface area (TPSA) is 3.24 Å². The van der Waals surface area contributed by atoms with E-state index in [-0.39, 0.29) is 0 Å². The Hall–Kier alpha value is -3.32.